The normalized spacial score (nSPS) is 11.6. The lowest BCUT2D eigenvalue weighted by Gasteiger charge is -2.10. The second-order valence-electron chi connectivity index (χ2n) is 5.03. The highest BCUT2D eigenvalue weighted by molar-refractivity contribution is 7.85. The van der Waals surface area contributed by atoms with E-state index in [1.54, 1.807) is 0 Å². The number of esters is 1. The summed E-state index contributed by atoms with van der Waals surface area (Å²) in [7, 11) is -5.55. The summed E-state index contributed by atoms with van der Waals surface area (Å²) >= 11 is 0. The molecule has 0 fully saturated rings. The van der Waals surface area contributed by atoms with Gasteiger partial charge in [0.15, 0.2) is 16.5 Å². The zero-order chi connectivity index (χ0) is 18.5. The molecule has 0 bridgehead atoms. The van der Waals surface area contributed by atoms with Gasteiger partial charge in [-0.15, -0.1) is 0 Å². The molecule has 1 aromatic carbocycles. The second-order valence-corrected chi connectivity index (χ2v) is 6.39. The number of carbonyl (C=O) groups excluding carboxylic acids is 1. The van der Waals surface area contributed by atoms with Gasteiger partial charge in [-0.25, -0.2) is 8.78 Å². The van der Waals surface area contributed by atoms with Gasteiger partial charge in [-0.2, -0.15) is 17.2 Å². The molecule has 0 spiro atoms. The first kappa shape index (κ1) is 20.4. The predicted molar refractivity (Wildman–Crippen MR) is 75.1 cm³/mol. The van der Waals surface area contributed by atoms with E-state index >= 15 is 0 Å². The molecular weight excluding hydrogens is 356 g/mol. The van der Waals surface area contributed by atoms with Crippen LogP contribution in [0.25, 0.3) is 0 Å². The summed E-state index contributed by atoms with van der Waals surface area (Å²) in [5.41, 5.74) is 0. The van der Waals surface area contributed by atoms with Crippen molar-refractivity contribution in [2.75, 3.05) is 0 Å². The number of hydrogen-bond donors (Lipinski definition) is 1. The number of hydrogen-bond acceptors (Lipinski definition) is 4. The second kappa shape index (κ2) is 8.43. The van der Waals surface area contributed by atoms with Crippen LogP contribution in [0.4, 0.5) is 17.6 Å². The van der Waals surface area contributed by atoms with Crippen LogP contribution in [0.1, 0.15) is 45.4 Å². The number of halogens is 4. The van der Waals surface area contributed by atoms with E-state index in [1.807, 2.05) is 6.92 Å². The fraction of sp³-hybridized carbons (Fsp3) is 0.500. The predicted octanol–water partition coefficient (Wildman–Crippen LogP) is 3.76. The molecule has 136 valence electrons. The highest BCUT2D eigenvalue weighted by atomic mass is 32.2. The van der Waals surface area contributed by atoms with Crippen LogP contribution in [0, 0.1) is 23.3 Å². The van der Waals surface area contributed by atoms with Crippen molar-refractivity contribution in [1.29, 1.82) is 0 Å². The maximum Gasteiger partial charge on any atom is 0.311 e. The summed E-state index contributed by atoms with van der Waals surface area (Å²) in [6, 6.07) is 0. The summed E-state index contributed by atoms with van der Waals surface area (Å²) < 4.78 is 88.8. The number of unbranched alkanes of at least 4 members (excludes halogenated alkanes) is 4. The summed E-state index contributed by atoms with van der Waals surface area (Å²) in [6.45, 7) is 1.99. The van der Waals surface area contributed by atoms with Crippen LogP contribution in [0.2, 0.25) is 0 Å². The molecule has 0 aliphatic heterocycles. The van der Waals surface area contributed by atoms with Crippen molar-refractivity contribution >= 4 is 16.1 Å². The Morgan fingerprint density at radius 1 is 0.958 bits per heavy atom. The smallest absolute Gasteiger partial charge is 0.311 e. The Morgan fingerprint density at radius 2 is 1.46 bits per heavy atom. The van der Waals surface area contributed by atoms with E-state index < -0.39 is 50.0 Å². The van der Waals surface area contributed by atoms with Crippen molar-refractivity contribution in [3.05, 3.63) is 23.3 Å². The zero-order valence-electron chi connectivity index (χ0n) is 12.7. The van der Waals surface area contributed by atoms with Crippen LogP contribution in [0.3, 0.4) is 0 Å². The molecule has 1 N–H and O–H groups in total. The molecule has 1 aromatic rings. The molecule has 0 unspecified atom stereocenters. The van der Waals surface area contributed by atoms with Crippen LogP contribution < -0.4 is 4.74 Å². The number of benzene rings is 1. The van der Waals surface area contributed by atoms with Gasteiger partial charge in [0.05, 0.1) is 0 Å². The van der Waals surface area contributed by atoms with Crippen molar-refractivity contribution < 1.29 is 40.1 Å². The van der Waals surface area contributed by atoms with Crippen molar-refractivity contribution in [1.82, 2.24) is 0 Å². The van der Waals surface area contributed by atoms with Crippen LogP contribution in [0.5, 0.6) is 5.75 Å². The van der Waals surface area contributed by atoms with Crippen LogP contribution >= 0.6 is 0 Å². The molecule has 0 aliphatic carbocycles. The molecule has 0 radical (unpaired) electrons. The Hall–Kier alpha value is -1.68. The third kappa shape index (κ3) is 4.91. The lowest BCUT2D eigenvalue weighted by atomic mass is 10.1. The summed E-state index contributed by atoms with van der Waals surface area (Å²) in [6.07, 6.45) is 3.56. The molecule has 0 aromatic heterocycles. The Balaban J connectivity index is 2.96. The van der Waals surface area contributed by atoms with Crippen LogP contribution in [-0.4, -0.2) is 18.9 Å². The highest BCUT2D eigenvalue weighted by Crippen LogP contribution is 2.32. The lowest BCUT2D eigenvalue weighted by Crippen LogP contribution is -2.15. The average molecular weight is 372 g/mol. The van der Waals surface area contributed by atoms with Gasteiger partial charge in [0.1, 0.15) is 0 Å². The molecule has 0 aliphatic rings. The van der Waals surface area contributed by atoms with E-state index in [0.29, 0.717) is 12.8 Å². The maximum atomic E-state index is 13.6. The van der Waals surface area contributed by atoms with E-state index in [0.717, 1.165) is 19.3 Å². The van der Waals surface area contributed by atoms with Crippen LogP contribution in [-0.2, 0) is 14.9 Å². The summed E-state index contributed by atoms with van der Waals surface area (Å²) in [5, 5.41) is 0. The van der Waals surface area contributed by atoms with E-state index in [9.17, 15) is 30.8 Å². The maximum absolute atomic E-state index is 13.6. The quantitative estimate of drug-likeness (QED) is 0.188. The minimum atomic E-state index is -5.55. The number of ether oxygens (including phenoxy) is 1. The van der Waals surface area contributed by atoms with E-state index in [-0.39, 0.29) is 6.42 Å². The number of rotatable bonds is 8. The molecule has 5 nitrogen and oxygen atoms in total. The average Bonchev–Trinajstić information content (AvgIpc) is 2.48. The lowest BCUT2D eigenvalue weighted by molar-refractivity contribution is -0.135. The Kier molecular flexibility index (Phi) is 7.15. The van der Waals surface area contributed by atoms with Gasteiger partial charge < -0.3 is 4.74 Å². The molecule has 0 atom stereocenters. The van der Waals surface area contributed by atoms with Gasteiger partial charge in [0, 0.05) is 6.42 Å². The SMILES string of the molecule is CCCCCCCC(=O)Oc1c(F)c(F)c(S(=O)(=O)O)c(F)c1F. The first-order valence-corrected chi connectivity index (χ1v) is 8.59. The Labute approximate surface area is 136 Å². The van der Waals surface area contributed by atoms with Crippen molar-refractivity contribution in [3.8, 4) is 5.75 Å². The first-order chi connectivity index (χ1) is 11.1. The van der Waals surface area contributed by atoms with E-state index in [4.69, 9.17) is 4.55 Å². The minimum Gasteiger partial charge on any atom is -0.420 e. The molecule has 0 saturated heterocycles. The van der Waals surface area contributed by atoms with Crippen molar-refractivity contribution in [2.45, 2.75) is 50.3 Å². The monoisotopic (exact) mass is 372 g/mol. The largest absolute Gasteiger partial charge is 0.420 e. The topological polar surface area (TPSA) is 80.7 Å². The minimum absolute atomic E-state index is 0.230. The third-order valence-electron chi connectivity index (χ3n) is 3.14. The van der Waals surface area contributed by atoms with Crippen molar-refractivity contribution in [2.24, 2.45) is 0 Å². The Morgan fingerprint density at radius 3 is 1.92 bits per heavy atom. The molecule has 0 heterocycles. The van der Waals surface area contributed by atoms with Crippen LogP contribution in [0.15, 0.2) is 4.90 Å². The molecular formula is C14H16F4O5S. The van der Waals surface area contributed by atoms with Crippen molar-refractivity contribution in [3.63, 3.8) is 0 Å². The summed E-state index contributed by atoms with van der Waals surface area (Å²) in [5.74, 6) is -12.0. The van der Waals surface area contributed by atoms with Gasteiger partial charge in [-0.05, 0) is 6.42 Å². The van der Waals surface area contributed by atoms with Gasteiger partial charge in [0.2, 0.25) is 17.4 Å². The van der Waals surface area contributed by atoms with Gasteiger partial charge in [-0.1, -0.05) is 32.6 Å². The summed E-state index contributed by atoms with van der Waals surface area (Å²) in [4.78, 5) is 9.30. The van der Waals surface area contributed by atoms with E-state index in [1.165, 1.54) is 0 Å². The van der Waals surface area contributed by atoms with Gasteiger partial charge in [-0.3, -0.25) is 9.35 Å². The third-order valence-corrected chi connectivity index (χ3v) is 4.02. The molecule has 0 amide bonds. The van der Waals surface area contributed by atoms with Gasteiger partial charge >= 0.3 is 16.1 Å². The number of carbonyl (C=O) groups is 1. The molecule has 10 heteroatoms. The molecule has 1 rings (SSSR count). The fourth-order valence-corrected chi connectivity index (χ4v) is 2.58. The van der Waals surface area contributed by atoms with E-state index in [2.05, 4.69) is 4.74 Å². The standard InChI is InChI=1S/C14H16F4O5S/c1-2-3-4-5-6-7-8(19)23-13-9(15)11(17)14(24(20,21)22)12(18)10(13)16/h2-7H2,1H3,(H,20,21,22). The van der Waals surface area contributed by atoms with Gasteiger partial charge in [0.25, 0.3) is 0 Å². The molecule has 24 heavy (non-hydrogen) atoms. The molecule has 0 saturated carbocycles. The zero-order valence-corrected chi connectivity index (χ0v) is 13.6. The highest BCUT2D eigenvalue weighted by Gasteiger charge is 2.33. The first-order valence-electron chi connectivity index (χ1n) is 7.15. The Bertz CT molecular complexity index is 689. The fourth-order valence-electron chi connectivity index (χ4n) is 1.95.